The van der Waals surface area contributed by atoms with E-state index < -0.39 is 17.2 Å². The summed E-state index contributed by atoms with van der Waals surface area (Å²) in [5.41, 5.74) is -0.0152. The number of ether oxygens (including phenoxy) is 1. The topological polar surface area (TPSA) is 29.5 Å². The lowest BCUT2D eigenvalue weighted by Crippen LogP contribution is -2.25. The molecule has 3 rings (SSSR count). The number of aryl methyl sites for hydroxylation is 1. The zero-order valence-electron chi connectivity index (χ0n) is 11.0. The largest absolute Gasteiger partial charge is 0.497 e. The smallest absolute Gasteiger partial charge is 0.129 e. The molecule has 0 aliphatic heterocycles. The van der Waals surface area contributed by atoms with E-state index >= 15 is 0 Å². The summed E-state index contributed by atoms with van der Waals surface area (Å²) in [5, 5.41) is 10.9. The Morgan fingerprint density at radius 2 is 1.90 bits per heavy atom. The van der Waals surface area contributed by atoms with Crippen molar-refractivity contribution < 1.29 is 18.6 Å². The van der Waals surface area contributed by atoms with Crippen molar-refractivity contribution in [3.8, 4) is 5.75 Å². The first kappa shape index (κ1) is 13.1. The molecule has 2 aromatic rings. The van der Waals surface area contributed by atoms with Crippen LogP contribution in [0.1, 0.15) is 23.1 Å². The second-order valence-electron chi connectivity index (χ2n) is 5.01. The molecule has 0 bridgehead atoms. The number of methoxy groups -OCH3 is 1. The van der Waals surface area contributed by atoms with Crippen molar-refractivity contribution in [1.82, 2.24) is 0 Å². The molecule has 0 saturated heterocycles. The van der Waals surface area contributed by atoms with Gasteiger partial charge in [0.25, 0.3) is 0 Å². The fourth-order valence-electron chi connectivity index (χ4n) is 2.83. The first-order chi connectivity index (χ1) is 9.54. The first-order valence-corrected chi connectivity index (χ1v) is 6.40. The first-order valence-electron chi connectivity index (χ1n) is 6.40. The highest BCUT2D eigenvalue weighted by molar-refractivity contribution is 5.48. The van der Waals surface area contributed by atoms with Gasteiger partial charge in [0, 0.05) is 5.56 Å². The van der Waals surface area contributed by atoms with E-state index in [4.69, 9.17) is 4.74 Å². The maximum atomic E-state index is 14.0. The number of hydrogen-bond donors (Lipinski definition) is 1. The van der Waals surface area contributed by atoms with Gasteiger partial charge in [0.2, 0.25) is 0 Å². The number of halogens is 2. The van der Waals surface area contributed by atoms with Crippen molar-refractivity contribution in [1.29, 1.82) is 0 Å². The molecule has 1 atom stereocenters. The fraction of sp³-hybridized carbons (Fsp3) is 0.250. The maximum Gasteiger partial charge on any atom is 0.129 e. The lowest BCUT2D eigenvalue weighted by Gasteiger charge is -2.25. The highest BCUT2D eigenvalue weighted by Crippen LogP contribution is 2.44. The average Bonchev–Trinajstić information content (AvgIpc) is 2.79. The minimum absolute atomic E-state index is 0.0236. The second-order valence-corrected chi connectivity index (χ2v) is 5.01. The molecule has 1 aliphatic carbocycles. The van der Waals surface area contributed by atoms with Crippen LogP contribution in [0.5, 0.6) is 5.75 Å². The van der Waals surface area contributed by atoms with Crippen LogP contribution in [-0.2, 0) is 12.0 Å². The van der Waals surface area contributed by atoms with Gasteiger partial charge in [-0.2, -0.15) is 0 Å². The predicted molar refractivity (Wildman–Crippen MR) is 70.7 cm³/mol. The van der Waals surface area contributed by atoms with Crippen molar-refractivity contribution in [2.45, 2.75) is 18.4 Å². The fourth-order valence-corrected chi connectivity index (χ4v) is 2.83. The Morgan fingerprint density at radius 1 is 1.10 bits per heavy atom. The number of rotatable bonds is 2. The molecule has 0 heterocycles. The van der Waals surface area contributed by atoms with Crippen molar-refractivity contribution in [3.63, 3.8) is 0 Å². The Bertz CT molecular complexity index is 670. The molecular formula is C16H14F2O2. The molecule has 4 heteroatoms. The van der Waals surface area contributed by atoms with Crippen LogP contribution in [0.2, 0.25) is 0 Å². The Hall–Kier alpha value is -1.94. The standard InChI is InChI=1S/C16H14F2O2/c1-20-12-4-2-10-6-7-16(19,13(10)9-12)14-8-11(17)3-5-15(14)18/h2-5,8-9,19H,6-7H2,1H3. The van der Waals surface area contributed by atoms with Gasteiger partial charge in [0.15, 0.2) is 0 Å². The highest BCUT2D eigenvalue weighted by Gasteiger charge is 2.40. The molecule has 2 aromatic carbocycles. The third kappa shape index (κ3) is 1.88. The monoisotopic (exact) mass is 276 g/mol. The number of benzene rings is 2. The number of aliphatic hydroxyl groups is 1. The summed E-state index contributed by atoms with van der Waals surface area (Å²) in [7, 11) is 1.53. The van der Waals surface area contributed by atoms with Crippen LogP contribution in [0.3, 0.4) is 0 Å². The van der Waals surface area contributed by atoms with Gasteiger partial charge < -0.3 is 9.84 Å². The van der Waals surface area contributed by atoms with Gasteiger partial charge in [-0.15, -0.1) is 0 Å². The van der Waals surface area contributed by atoms with E-state index in [0.717, 1.165) is 23.8 Å². The molecule has 0 amide bonds. The molecule has 0 aromatic heterocycles. The molecule has 0 radical (unpaired) electrons. The third-order valence-electron chi connectivity index (χ3n) is 3.89. The van der Waals surface area contributed by atoms with Crippen LogP contribution in [0, 0.1) is 11.6 Å². The Morgan fingerprint density at radius 3 is 2.65 bits per heavy atom. The minimum atomic E-state index is -1.50. The van der Waals surface area contributed by atoms with Crippen LogP contribution in [0.25, 0.3) is 0 Å². The Labute approximate surface area is 115 Å². The zero-order chi connectivity index (χ0) is 14.3. The van der Waals surface area contributed by atoms with Crippen LogP contribution < -0.4 is 4.74 Å². The van der Waals surface area contributed by atoms with Gasteiger partial charge in [-0.25, -0.2) is 8.78 Å². The van der Waals surface area contributed by atoms with E-state index in [0.29, 0.717) is 24.2 Å². The van der Waals surface area contributed by atoms with Crippen molar-refractivity contribution in [2.75, 3.05) is 7.11 Å². The normalized spacial score (nSPS) is 20.8. The molecule has 1 unspecified atom stereocenters. The Kier molecular flexibility index (Phi) is 2.98. The summed E-state index contributed by atoms with van der Waals surface area (Å²) in [6, 6.07) is 8.48. The summed E-state index contributed by atoms with van der Waals surface area (Å²) in [6.45, 7) is 0. The molecule has 0 fully saturated rings. The number of hydrogen-bond acceptors (Lipinski definition) is 2. The quantitative estimate of drug-likeness (QED) is 0.913. The molecular weight excluding hydrogens is 262 g/mol. The van der Waals surface area contributed by atoms with Crippen molar-refractivity contribution >= 4 is 0 Å². The van der Waals surface area contributed by atoms with Crippen molar-refractivity contribution in [3.05, 3.63) is 64.7 Å². The van der Waals surface area contributed by atoms with Gasteiger partial charge in [0.1, 0.15) is 23.0 Å². The summed E-state index contributed by atoms with van der Waals surface area (Å²) in [5.74, 6) is -0.586. The second kappa shape index (κ2) is 4.56. The van der Waals surface area contributed by atoms with E-state index in [2.05, 4.69) is 0 Å². The van der Waals surface area contributed by atoms with Crippen LogP contribution in [0.4, 0.5) is 8.78 Å². The van der Waals surface area contributed by atoms with Crippen molar-refractivity contribution in [2.24, 2.45) is 0 Å². The lowest BCUT2D eigenvalue weighted by atomic mass is 9.87. The molecule has 1 N–H and O–H groups in total. The van der Waals surface area contributed by atoms with Crippen LogP contribution in [-0.4, -0.2) is 12.2 Å². The van der Waals surface area contributed by atoms with E-state index in [9.17, 15) is 13.9 Å². The van der Waals surface area contributed by atoms with Crippen LogP contribution in [0.15, 0.2) is 36.4 Å². The van der Waals surface area contributed by atoms with Gasteiger partial charge in [-0.3, -0.25) is 0 Å². The molecule has 0 saturated carbocycles. The van der Waals surface area contributed by atoms with Gasteiger partial charge in [0.05, 0.1) is 7.11 Å². The summed E-state index contributed by atoms with van der Waals surface area (Å²) >= 11 is 0. The SMILES string of the molecule is COc1ccc2c(c1)C(O)(c1cc(F)ccc1F)CC2. The minimum Gasteiger partial charge on any atom is -0.497 e. The number of fused-ring (bicyclic) bond motifs is 1. The zero-order valence-corrected chi connectivity index (χ0v) is 11.0. The van der Waals surface area contributed by atoms with Gasteiger partial charge in [-0.1, -0.05) is 6.07 Å². The molecule has 0 spiro atoms. The predicted octanol–water partition coefficient (Wildman–Crippen LogP) is 3.16. The third-order valence-corrected chi connectivity index (χ3v) is 3.89. The van der Waals surface area contributed by atoms with E-state index in [1.54, 1.807) is 12.1 Å². The lowest BCUT2D eigenvalue weighted by molar-refractivity contribution is 0.0783. The summed E-state index contributed by atoms with van der Waals surface area (Å²) < 4.78 is 32.5. The maximum absolute atomic E-state index is 14.0. The van der Waals surface area contributed by atoms with E-state index in [1.165, 1.54) is 7.11 Å². The average molecular weight is 276 g/mol. The molecule has 104 valence electrons. The highest BCUT2D eigenvalue weighted by atomic mass is 19.1. The summed E-state index contributed by atoms with van der Waals surface area (Å²) in [6.07, 6.45) is 0.946. The molecule has 20 heavy (non-hydrogen) atoms. The Balaban J connectivity index is 2.18. The van der Waals surface area contributed by atoms with Crippen LogP contribution >= 0.6 is 0 Å². The van der Waals surface area contributed by atoms with E-state index in [1.807, 2.05) is 6.07 Å². The van der Waals surface area contributed by atoms with E-state index in [-0.39, 0.29) is 5.56 Å². The molecule has 1 aliphatic rings. The van der Waals surface area contributed by atoms with Gasteiger partial charge in [-0.05, 0) is 54.3 Å². The molecule has 2 nitrogen and oxygen atoms in total. The van der Waals surface area contributed by atoms with Gasteiger partial charge >= 0.3 is 0 Å². The summed E-state index contributed by atoms with van der Waals surface area (Å²) in [4.78, 5) is 0.